The molecule has 0 fully saturated rings. The number of ether oxygens (including phenoxy) is 2. The number of hydrogen-bond acceptors (Lipinski definition) is 4. The molecule has 0 aliphatic carbocycles. The van der Waals surface area contributed by atoms with Crippen LogP contribution in [0.15, 0.2) is 78.9 Å². The molecule has 0 aliphatic heterocycles. The quantitative estimate of drug-likeness (QED) is 0.271. The third-order valence-corrected chi connectivity index (χ3v) is 3.01. The van der Waals surface area contributed by atoms with Gasteiger partial charge in [-0.15, -0.1) is 0 Å². The first-order valence-corrected chi connectivity index (χ1v) is 9.11. The van der Waals surface area contributed by atoms with Gasteiger partial charge >= 0.3 is 29.0 Å². The van der Waals surface area contributed by atoms with Crippen LogP contribution in [0.1, 0.15) is 40.2 Å². The number of rotatable bonds is 5. The van der Waals surface area contributed by atoms with Crippen LogP contribution in [-0.2, 0) is 42.6 Å². The number of esters is 2. The van der Waals surface area contributed by atoms with E-state index < -0.39 is 5.60 Å². The second kappa shape index (κ2) is 15.5. The molecule has 0 aromatic heterocycles. The average Bonchev–Trinajstić information content (AvgIpc) is 3.30. The zero-order chi connectivity index (χ0) is 21.6. The molecule has 4 nitrogen and oxygen atoms in total. The van der Waals surface area contributed by atoms with E-state index in [2.05, 4.69) is 13.2 Å². The van der Waals surface area contributed by atoms with E-state index in [0.29, 0.717) is 17.8 Å². The average molecular weight is 440 g/mol. The minimum absolute atomic E-state index is 0. The maximum atomic E-state index is 10.9. The van der Waals surface area contributed by atoms with Gasteiger partial charge in [0.05, 0.1) is 6.61 Å². The van der Waals surface area contributed by atoms with Crippen LogP contribution in [0.5, 0.6) is 0 Å². The van der Waals surface area contributed by atoms with Crippen molar-refractivity contribution in [3.63, 3.8) is 0 Å². The van der Waals surface area contributed by atoms with Crippen LogP contribution in [0.2, 0.25) is 0 Å². The molecule has 0 spiro atoms. The van der Waals surface area contributed by atoms with Crippen molar-refractivity contribution in [2.24, 2.45) is 0 Å². The molecule has 2 aromatic carbocycles. The zero-order valence-electron chi connectivity index (χ0n) is 18.0. The number of carbonyl (C=O) groups excluding carboxylic acids is 2. The van der Waals surface area contributed by atoms with Crippen LogP contribution in [-0.4, -0.2) is 24.1 Å². The summed E-state index contributed by atoms with van der Waals surface area (Å²) in [7, 11) is 0. The molecule has 0 saturated carbocycles. The summed E-state index contributed by atoms with van der Waals surface area (Å²) < 4.78 is 9.90. The largest absolute Gasteiger partial charge is 2.00 e. The summed E-state index contributed by atoms with van der Waals surface area (Å²) in [6.07, 6.45) is 0.770. The van der Waals surface area contributed by atoms with E-state index in [1.165, 1.54) is 5.56 Å². The van der Waals surface area contributed by atoms with Gasteiger partial charge in [0.25, 0.3) is 0 Å². The topological polar surface area (TPSA) is 52.6 Å². The summed E-state index contributed by atoms with van der Waals surface area (Å²) >= 11 is 0. The van der Waals surface area contributed by atoms with Gasteiger partial charge < -0.3 is 9.47 Å². The van der Waals surface area contributed by atoms with E-state index in [9.17, 15) is 9.59 Å². The van der Waals surface area contributed by atoms with Gasteiger partial charge in [0.1, 0.15) is 5.60 Å². The Hall–Kier alpha value is -2.36. The van der Waals surface area contributed by atoms with Crippen LogP contribution in [0.3, 0.4) is 0 Å². The molecule has 0 unspecified atom stereocenters. The molecule has 0 aliphatic rings. The van der Waals surface area contributed by atoms with Gasteiger partial charge in [0.15, 0.2) is 0 Å². The molecule has 2 aromatic rings. The van der Waals surface area contributed by atoms with Gasteiger partial charge in [-0.2, -0.15) is 35.9 Å². The van der Waals surface area contributed by atoms with E-state index in [1.54, 1.807) is 13.8 Å². The third-order valence-electron chi connectivity index (χ3n) is 3.01. The molecule has 0 heterocycles. The standard InChI is InChI=1S/C11H13O2.C8H14O2.C5H5.Fe/c1-9(2)11(12)13-8-7-10-5-3-4-6-10;1-6(2)7(9)10-8(3,4)5;1-2-4-5-3-1;/h3-6H,1,7-8H2,2H3;1H2,2-5H3;1-5H;/q-1;;-1;+2. The van der Waals surface area contributed by atoms with E-state index >= 15 is 0 Å². The molecule has 160 valence electrons. The Morgan fingerprint density at radius 3 is 1.83 bits per heavy atom. The van der Waals surface area contributed by atoms with Gasteiger partial charge in [-0.1, -0.05) is 13.2 Å². The van der Waals surface area contributed by atoms with Gasteiger partial charge in [-0.3, -0.25) is 0 Å². The third kappa shape index (κ3) is 17.5. The molecule has 0 N–H and O–H groups in total. The van der Waals surface area contributed by atoms with Gasteiger partial charge in [-0.05, 0) is 41.0 Å². The Morgan fingerprint density at radius 2 is 1.52 bits per heavy atom. The van der Waals surface area contributed by atoms with E-state index in [0.717, 1.165) is 6.42 Å². The maximum absolute atomic E-state index is 10.9. The van der Waals surface area contributed by atoms with E-state index in [4.69, 9.17) is 9.47 Å². The van der Waals surface area contributed by atoms with Gasteiger partial charge in [0, 0.05) is 11.1 Å². The van der Waals surface area contributed by atoms with Crippen molar-refractivity contribution in [1.29, 1.82) is 0 Å². The Morgan fingerprint density at radius 1 is 0.966 bits per heavy atom. The number of carbonyl (C=O) groups is 2. The first kappa shape index (κ1) is 28.8. The van der Waals surface area contributed by atoms with Crippen molar-refractivity contribution in [1.82, 2.24) is 0 Å². The summed E-state index contributed by atoms with van der Waals surface area (Å²) in [6, 6.07) is 18.0. The molecule has 0 saturated heterocycles. The second-order valence-corrected chi connectivity index (χ2v) is 7.20. The fourth-order valence-corrected chi connectivity index (χ4v) is 1.65. The normalized spacial score (nSPS) is 9.41. The van der Waals surface area contributed by atoms with Crippen molar-refractivity contribution in [3.05, 3.63) is 84.5 Å². The van der Waals surface area contributed by atoms with Crippen molar-refractivity contribution >= 4 is 11.9 Å². The Balaban J connectivity index is 0. The van der Waals surface area contributed by atoms with Crippen molar-refractivity contribution < 1.29 is 36.1 Å². The van der Waals surface area contributed by atoms with Crippen molar-refractivity contribution in [2.45, 2.75) is 46.6 Å². The Bertz CT molecular complexity index is 687. The molecule has 0 atom stereocenters. The fourth-order valence-electron chi connectivity index (χ4n) is 1.65. The Labute approximate surface area is 185 Å². The first-order valence-electron chi connectivity index (χ1n) is 9.11. The zero-order valence-corrected chi connectivity index (χ0v) is 19.1. The van der Waals surface area contributed by atoms with Gasteiger partial charge in [0.2, 0.25) is 0 Å². The molecule has 0 amide bonds. The van der Waals surface area contributed by atoms with Crippen molar-refractivity contribution in [3.8, 4) is 0 Å². The van der Waals surface area contributed by atoms with E-state index in [-0.39, 0.29) is 29.0 Å². The van der Waals surface area contributed by atoms with Crippen LogP contribution in [0, 0.1) is 0 Å². The predicted molar refractivity (Wildman–Crippen MR) is 114 cm³/mol. The molecule has 29 heavy (non-hydrogen) atoms. The summed E-state index contributed by atoms with van der Waals surface area (Å²) in [5.41, 5.74) is 1.67. The van der Waals surface area contributed by atoms with E-state index in [1.807, 2.05) is 75.4 Å². The molecular weight excluding hydrogens is 408 g/mol. The minimum atomic E-state index is -0.407. The van der Waals surface area contributed by atoms with Crippen LogP contribution >= 0.6 is 0 Å². The molecule has 0 bridgehead atoms. The minimum Gasteiger partial charge on any atom is -0.462 e. The van der Waals surface area contributed by atoms with Crippen LogP contribution in [0.4, 0.5) is 0 Å². The summed E-state index contributed by atoms with van der Waals surface area (Å²) in [4.78, 5) is 21.8. The molecule has 2 rings (SSSR count). The smallest absolute Gasteiger partial charge is 0.462 e. The number of hydrogen-bond donors (Lipinski definition) is 0. The molecule has 0 radical (unpaired) electrons. The monoisotopic (exact) mass is 440 g/mol. The Kier molecular flexibility index (Phi) is 15.5. The maximum Gasteiger partial charge on any atom is 2.00 e. The predicted octanol–water partition coefficient (Wildman–Crippen LogP) is 5.37. The summed E-state index contributed by atoms with van der Waals surface area (Å²) in [6.45, 7) is 16.1. The fraction of sp³-hybridized carbons (Fsp3) is 0.333. The summed E-state index contributed by atoms with van der Waals surface area (Å²) in [5.74, 6) is -0.640. The molecular formula is C24H32FeO4. The van der Waals surface area contributed by atoms with Crippen LogP contribution < -0.4 is 0 Å². The summed E-state index contributed by atoms with van der Waals surface area (Å²) in [5, 5.41) is 0. The first-order chi connectivity index (χ1) is 13.0. The van der Waals surface area contributed by atoms with Crippen molar-refractivity contribution in [2.75, 3.05) is 6.61 Å². The van der Waals surface area contributed by atoms with Gasteiger partial charge in [-0.25, -0.2) is 33.9 Å². The van der Waals surface area contributed by atoms with Crippen LogP contribution in [0.25, 0.3) is 0 Å². The molecule has 5 heteroatoms. The second-order valence-electron chi connectivity index (χ2n) is 7.20. The SMILES string of the molecule is C=C(C)C(=O)OC(C)(C)C.C=C(C)C(=O)OCCc1ccc[cH-]1.[Fe+2].c1cc[cH-]c1.